The number of carbonyl (C=O) groups is 1. The average molecular weight is 319 g/mol. The number of hydrogen-bond acceptors (Lipinski definition) is 4. The molecular weight excluding hydrogens is 290 g/mol. The Morgan fingerprint density at radius 2 is 2.13 bits per heavy atom. The van der Waals surface area contributed by atoms with Gasteiger partial charge in [0.2, 0.25) is 0 Å². The fraction of sp³-hybridized carbons (Fsp3) is 0.684. The van der Waals surface area contributed by atoms with E-state index >= 15 is 0 Å². The van der Waals surface area contributed by atoms with Gasteiger partial charge in [0.15, 0.2) is 0 Å². The van der Waals surface area contributed by atoms with Crippen LogP contribution in [0.25, 0.3) is 0 Å². The molecule has 0 amide bonds. The normalized spacial score (nSPS) is 18.7. The maximum atomic E-state index is 12.1. The van der Waals surface area contributed by atoms with Crippen LogP contribution < -0.4 is 0 Å². The summed E-state index contributed by atoms with van der Waals surface area (Å²) in [5.74, 6) is -0.301. The number of carbonyl (C=O) groups excluding carboxylic acids is 1. The van der Waals surface area contributed by atoms with Crippen LogP contribution in [-0.4, -0.2) is 29.3 Å². The Balaban J connectivity index is 1.87. The quantitative estimate of drug-likeness (QED) is 0.762. The van der Waals surface area contributed by atoms with Gasteiger partial charge in [-0.2, -0.15) is 0 Å². The van der Waals surface area contributed by atoms with E-state index in [0.717, 1.165) is 37.3 Å². The van der Waals surface area contributed by atoms with E-state index < -0.39 is 5.60 Å². The van der Waals surface area contributed by atoms with Crippen LogP contribution in [0.15, 0.2) is 12.1 Å². The van der Waals surface area contributed by atoms with Crippen LogP contribution >= 0.6 is 0 Å². The molecule has 0 aliphatic carbocycles. The summed E-state index contributed by atoms with van der Waals surface area (Å²) in [6.07, 6.45) is 7.18. The van der Waals surface area contributed by atoms with Crippen molar-refractivity contribution in [3.05, 3.63) is 29.1 Å². The third kappa shape index (κ3) is 5.94. The van der Waals surface area contributed by atoms with Gasteiger partial charge in [0.1, 0.15) is 5.60 Å². The Morgan fingerprint density at radius 3 is 2.74 bits per heavy atom. The van der Waals surface area contributed by atoms with E-state index in [2.05, 4.69) is 4.98 Å². The van der Waals surface area contributed by atoms with Gasteiger partial charge in [0.25, 0.3) is 0 Å². The first kappa shape index (κ1) is 17.9. The third-order valence-electron chi connectivity index (χ3n) is 4.00. The van der Waals surface area contributed by atoms with Crippen molar-refractivity contribution in [2.45, 2.75) is 77.9 Å². The number of hydrogen-bond donors (Lipinski definition) is 0. The van der Waals surface area contributed by atoms with Crippen LogP contribution in [0.4, 0.5) is 0 Å². The van der Waals surface area contributed by atoms with Gasteiger partial charge >= 0.3 is 5.97 Å². The first-order valence-corrected chi connectivity index (χ1v) is 8.66. The zero-order chi connectivity index (χ0) is 16.9. The van der Waals surface area contributed by atoms with Gasteiger partial charge in [-0.25, -0.2) is 4.79 Å². The lowest BCUT2D eigenvalue weighted by Crippen LogP contribution is -2.24. The highest BCUT2D eigenvalue weighted by Crippen LogP contribution is 2.19. The van der Waals surface area contributed by atoms with Crippen LogP contribution in [0.2, 0.25) is 0 Å². The van der Waals surface area contributed by atoms with E-state index in [9.17, 15) is 4.79 Å². The van der Waals surface area contributed by atoms with Crippen molar-refractivity contribution in [1.29, 1.82) is 0 Å². The molecule has 1 aliphatic heterocycles. The van der Waals surface area contributed by atoms with Gasteiger partial charge in [-0.3, -0.25) is 4.98 Å². The third-order valence-corrected chi connectivity index (χ3v) is 4.00. The molecular formula is C19H29NO3. The van der Waals surface area contributed by atoms with Crippen molar-refractivity contribution in [1.82, 2.24) is 4.98 Å². The molecule has 0 radical (unpaired) electrons. The van der Waals surface area contributed by atoms with Crippen molar-refractivity contribution in [2.75, 3.05) is 6.61 Å². The molecule has 23 heavy (non-hydrogen) atoms. The summed E-state index contributed by atoms with van der Waals surface area (Å²) in [6, 6.07) is 3.77. The Morgan fingerprint density at radius 1 is 1.35 bits per heavy atom. The van der Waals surface area contributed by atoms with Crippen molar-refractivity contribution >= 4 is 5.97 Å². The minimum Gasteiger partial charge on any atom is -0.456 e. The molecule has 1 unspecified atom stereocenters. The lowest BCUT2D eigenvalue weighted by molar-refractivity contribution is 0.00680. The predicted octanol–water partition coefficient (Wildman–Crippen LogP) is 4.24. The van der Waals surface area contributed by atoms with Gasteiger partial charge in [-0.05, 0) is 78.4 Å². The summed E-state index contributed by atoms with van der Waals surface area (Å²) in [4.78, 5) is 16.7. The van der Waals surface area contributed by atoms with Gasteiger partial charge in [0, 0.05) is 12.3 Å². The first-order chi connectivity index (χ1) is 10.8. The molecule has 1 saturated heterocycles. The Kier molecular flexibility index (Phi) is 6.17. The van der Waals surface area contributed by atoms with E-state index in [1.54, 1.807) is 0 Å². The molecule has 1 fully saturated rings. The molecule has 0 N–H and O–H groups in total. The summed E-state index contributed by atoms with van der Waals surface area (Å²) >= 11 is 0. The first-order valence-electron chi connectivity index (χ1n) is 8.66. The lowest BCUT2D eigenvalue weighted by Gasteiger charge is -2.22. The van der Waals surface area contributed by atoms with Crippen molar-refractivity contribution < 1.29 is 14.3 Å². The number of nitrogens with zero attached hydrogens (tertiary/aromatic N) is 1. The van der Waals surface area contributed by atoms with Gasteiger partial charge in [-0.15, -0.1) is 0 Å². The highest BCUT2D eigenvalue weighted by molar-refractivity contribution is 5.90. The number of rotatable bonds is 5. The summed E-state index contributed by atoms with van der Waals surface area (Å²) in [6.45, 7) is 8.39. The second-order valence-corrected chi connectivity index (χ2v) is 7.32. The molecule has 4 heteroatoms. The maximum Gasteiger partial charge on any atom is 0.340 e. The van der Waals surface area contributed by atoms with Crippen molar-refractivity contribution in [2.24, 2.45) is 0 Å². The summed E-state index contributed by atoms with van der Waals surface area (Å²) in [5, 5.41) is 0. The number of aryl methyl sites for hydroxylation is 2. The molecule has 1 aromatic rings. The van der Waals surface area contributed by atoms with E-state index in [0.29, 0.717) is 11.7 Å². The maximum absolute atomic E-state index is 12.1. The summed E-state index contributed by atoms with van der Waals surface area (Å²) in [7, 11) is 0. The number of pyridine rings is 1. The molecule has 1 atom stereocenters. The lowest BCUT2D eigenvalue weighted by atomic mass is 10.0. The molecule has 4 nitrogen and oxygen atoms in total. The molecule has 128 valence electrons. The van der Waals surface area contributed by atoms with Crippen LogP contribution in [0.1, 0.15) is 74.6 Å². The number of esters is 1. The summed E-state index contributed by atoms with van der Waals surface area (Å²) < 4.78 is 11.2. The number of aromatic nitrogens is 1. The molecule has 0 spiro atoms. The highest BCUT2D eigenvalue weighted by atomic mass is 16.6. The average Bonchev–Trinajstić information content (AvgIpc) is 2.46. The standard InChI is InChI=1S/C19H29NO3/c1-14-17(18(21)23-19(2,3)4)12-11-15(20-14)8-7-10-16-9-5-6-13-22-16/h11-12,16H,5-10,13H2,1-4H3. The largest absolute Gasteiger partial charge is 0.456 e. The van der Waals surface area contributed by atoms with Crippen molar-refractivity contribution in [3.8, 4) is 0 Å². The highest BCUT2D eigenvalue weighted by Gasteiger charge is 2.20. The van der Waals surface area contributed by atoms with E-state index in [1.165, 1.54) is 19.3 Å². The predicted molar refractivity (Wildman–Crippen MR) is 90.7 cm³/mol. The fourth-order valence-electron chi connectivity index (χ4n) is 2.85. The Bertz CT molecular complexity index is 528. The molecule has 2 heterocycles. The topological polar surface area (TPSA) is 48.4 Å². The molecule has 1 aromatic heterocycles. The van der Waals surface area contributed by atoms with Crippen LogP contribution in [0.3, 0.4) is 0 Å². The van der Waals surface area contributed by atoms with Gasteiger partial charge < -0.3 is 9.47 Å². The monoisotopic (exact) mass is 319 g/mol. The van der Waals surface area contributed by atoms with E-state index in [1.807, 2.05) is 39.8 Å². The minimum absolute atomic E-state index is 0.301. The number of ether oxygens (including phenoxy) is 2. The van der Waals surface area contributed by atoms with Crippen molar-refractivity contribution in [3.63, 3.8) is 0 Å². The van der Waals surface area contributed by atoms with Gasteiger partial charge in [0.05, 0.1) is 17.4 Å². The smallest absolute Gasteiger partial charge is 0.340 e. The summed E-state index contributed by atoms with van der Waals surface area (Å²) in [5.41, 5.74) is 1.85. The zero-order valence-electron chi connectivity index (χ0n) is 14.9. The molecule has 0 aromatic carbocycles. The Hall–Kier alpha value is -1.42. The molecule has 1 aliphatic rings. The molecule has 2 rings (SSSR count). The fourth-order valence-corrected chi connectivity index (χ4v) is 2.85. The zero-order valence-corrected chi connectivity index (χ0v) is 14.9. The van der Waals surface area contributed by atoms with E-state index in [-0.39, 0.29) is 5.97 Å². The Labute approximate surface area is 139 Å². The SMILES string of the molecule is Cc1nc(CCCC2CCCCO2)ccc1C(=O)OC(C)(C)C. The molecule has 0 saturated carbocycles. The van der Waals surface area contributed by atoms with E-state index in [4.69, 9.17) is 9.47 Å². The second kappa shape index (κ2) is 7.91. The van der Waals surface area contributed by atoms with Gasteiger partial charge in [-0.1, -0.05) is 0 Å². The van der Waals surface area contributed by atoms with Crippen LogP contribution in [0.5, 0.6) is 0 Å². The second-order valence-electron chi connectivity index (χ2n) is 7.32. The van der Waals surface area contributed by atoms with Crippen LogP contribution in [-0.2, 0) is 15.9 Å². The van der Waals surface area contributed by atoms with Crippen LogP contribution in [0, 0.1) is 6.92 Å². The minimum atomic E-state index is -0.484. The molecule has 0 bridgehead atoms.